The van der Waals surface area contributed by atoms with E-state index in [0.717, 1.165) is 25.1 Å². The van der Waals surface area contributed by atoms with E-state index in [1.165, 1.54) is 5.56 Å². The van der Waals surface area contributed by atoms with Gasteiger partial charge in [-0.05, 0) is 19.4 Å². The molecule has 0 fully saturated rings. The van der Waals surface area contributed by atoms with Crippen molar-refractivity contribution in [2.75, 3.05) is 19.7 Å². The maximum absolute atomic E-state index is 8.79. The topological polar surface area (TPSA) is 76.1 Å². The number of aliphatic hydroxyl groups excluding tert-OH is 1. The molecule has 4 N–H and O–H groups in total. The summed E-state index contributed by atoms with van der Waals surface area (Å²) in [6.45, 7) is 8.15. The van der Waals surface area contributed by atoms with Crippen LogP contribution in [0.25, 0.3) is 0 Å². The first kappa shape index (κ1) is 16.1. The molecule has 0 amide bonds. The third kappa shape index (κ3) is 4.60. The Morgan fingerprint density at radius 3 is 2.63 bits per heavy atom. The molecule has 1 heterocycles. The Morgan fingerprint density at radius 1 is 1.42 bits per heavy atom. The highest BCUT2D eigenvalue weighted by Crippen LogP contribution is 2.27. The average molecular weight is 268 g/mol. The number of hydrogen-bond donors (Lipinski definition) is 3. The Bertz CT molecular complexity index is 381. The normalized spacial score (nSPS) is 13.8. The van der Waals surface area contributed by atoms with Gasteiger partial charge in [0.25, 0.3) is 0 Å². The summed E-state index contributed by atoms with van der Waals surface area (Å²) < 4.78 is 1.86. The van der Waals surface area contributed by atoms with Crippen LogP contribution in [0.5, 0.6) is 0 Å². The Kier molecular flexibility index (Phi) is 5.97. The molecule has 1 unspecified atom stereocenters. The number of rotatable bonds is 7. The third-order valence-electron chi connectivity index (χ3n) is 3.15. The summed E-state index contributed by atoms with van der Waals surface area (Å²) in [6.07, 6.45) is 3.83. The lowest BCUT2D eigenvalue weighted by Gasteiger charge is -2.22. The number of nitrogens with zero attached hydrogens (tertiary/aromatic N) is 2. The van der Waals surface area contributed by atoms with Gasteiger partial charge in [0.2, 0.25) is 0 Å². The smallest absolute Gasteiger partial charge is 0.0726 e. The van der Waals surface area contributed by atoms with E-state index in [9.17, 15) is 0 Å². The number of hydrogen-bond acceptors (Lipinski definition) is 4. The fourth-order valence-corrected chi connectivity index (χ4v) is 2.18. The summed E-state index contributed by atoms with van der Waals surface area (Å²) in [5.41, 5.74) is 8.18. The highest BCUT2D eigenvalue weighted by atomic mass is 16.2. The van der Waals surface area contributed by atoms with Crippen molar-refractivity contribution < 1.29 is 5.11 Å². The molecule has 0 spiro atoms. The molecular weight excluding hydrogens is 240 g/mol. The third-order valence-corrected chi connectivity index (χ3v) is 3.15. The molecule has 0 aliphatic rings. The van der Waals surface area contributed by atoms with Crippen LogP contribution in [-0.4, -0.2) is 34.6 Å². The summed E-state index contributed by atoms with van der Waals surface area (Å²) in [4.78, 5) is 0. The molecular formula is C14H28N4O. The van der Waals surface area contributed by atoms with Gasteiger partial charge >= 0.3 is 0 Å². The van der Waals surface area contributed by atoms with Crippen LogP contribution in [0, 0.1) is 0 Å². The number of unbranched alkanes of at least 4 members (excludes halogenated alkanes) is 1. The Labute approximate surface area is 116 Å². The van der Waals surface area contributed by atoms with E-state index in [2.05, 4.69) is 37.4 Å². The molecule has 1 rings (SSSR count). The maximum atomic E-state index is 8.79. The van der Waals surface area contributed by atoms with Crippen molar-refractivity contribution in [1.82, 2.24) is 15.1 Å². The molecule has 110 valence electrons. The van der Waals surface area contributed by atoms with Crippen LogP contribution in [0.2, 0.25) is 0 Å². The van der Waals surface area contributed by atoms with Gasteiger partial charge in [0, 0.05) is 43.4 Å². The number of nitrogens with two attached hydrogens (primary N) is 1. The number of aromatic nitrogens is 2. The molecule has 0 radical (unpaired) electrons. The predicted molar refractivity (Wildman–Crippen MR) is 78.0 cm³/mol. The summed E-state index contributed by atoms with van der Waals surface area (Å²) in [6, 6.07) is 0.126. The first-order valence-electron chi connectivity index (χ1n) is 6.98. The van der Waals surface area contributed by atoms with Gasteiger partial charge in [-0.2, -0.15) is 5.10 Å². The van der Waals surface area contributed by atoms with E-state index in [4.69, 9.17) is 10.8 Å². The highest BCUT2D eigenvalue weighted by molar-refractivity contribution is 5.27. The summed E-state index contributed by atoms with van der Waals surface area (Å²) >= 11 is 0. The lowest BCUT2D eigenvalue weighted by molar-refractivity contribution is 0.282. The van der Waals surface area contributed by atoms with Crippen molar-refractivity contribution >= 4 is 0 Å². The van der Waals surface area contributed by atoms with Gasteiger partial charge in [-0.15, -0.1) is 0 Å². The van der Waals surface area contributed by atoms with Crippen molar-refractivity contribution in [3.05, 3.63) is 17.5 Å². The summed E-state index contributed by atoms with van der Waals surface area (Å²) in [5, 5.41) is 16.8. The standard InChI is InChI=1S/C14H28N4O/c1-14(2,3)13-11(10-18(4)17-13)12(9-15)16-7-5-6-8-19/h10,12,16,19H,5-9,15H2,1-4H3. The van der Waals surface area contributed by atoms with Crippen LogP contribution in [0.15, 0.2) is 6.20 Å². The molecule has 1 atom stereocenters. The molecule has 5 nitrogen and oxygen atoms in total. The molecule has 5 heteroatoms. The second-order valence-electron chi connectivity index (χ2n) is 6.03. The minimum Gasteiger partial charge on any atom is -0.396 e. The van der Waals surface area contributed by atoms with Crippen LogP contribution < -0.4 is 11.1 Å². The Hall–Kier alpha value is -0.910. The first-order valence-corrected chi connectivity index (χ1v) is 6.98. The molecule has 0 bridgehead atoms. The van der Waals surface area contributed by atoms with Gasteiger partial charge in [-0.3, -0.25) is 4.68 Å². The first-order chi connectivity index (χ1) is 8.90. The fraction of sp³-hybridized carbons (Fsp3) is 0.786. The zero-order chi connectivity index (χ0) is 14.5. The molecule has 0 saturated heterocycles. The predicted octanol–water partition coefficient (Wildman–Crippen LogP) is 1.08. The van der Waals surface area contributed by atoms with Crippen molar-refractivity contribution in [3.8, 4) is 0 Å². The highest BCUT2D eigenvalue weighted by Gasteiger charge is 2.25. The van der Waals surface area contributed by atoms with E-state index in [1.807, 2.05) is 11.7 Å². The summed E-state index contributed by atoms with van der Waals surface area (Å²) in [5.74, 6) is 0. The number of nitrogens with one attached hydrogen (secondary N) is 1. The van der Waals surface area contributed by atoms with Crippen molar-refractivity contribution in [1.29, 1.82) is 0 Å². The average Bonchev–Trinajstić information content (AvgIpc) is 2.71. The lowest BCUT2D eigenvalue weighted by Crippen LogP contribution is -2.31. The quantitative estimate of drug-likeness (QED) is 0.647. The fourth-order valence-electron chi connectivity index (χ4n) is 2.18. The van der Waals surface area contributed by atoms with E-state index in [1.54, 1.807) is 0 Å². The zero-order valence-electron chi connectivity index (χ0n) is 12.6. The number of aliphatic hydroxyl groups is 1. The van der Waals surface area contributed by atoms with Gasteiger partial charge in [0.05, 0.1) is 5.69 Å². The Balaban J connectivity index is 2.80. The lowest BCUT2D eigenvalue weighted by atomic mass is 9.87. The minimum atomic E-state index is 0.0107. The van der Waals surface area contributed by atoms with Crippen LogP contribution in [-0.2, 0) is 12.5 Å². The van der Waals surface area contributed by atoms with Gasteiger partial charge < -0.3 is 16.2 Å². The van der Waals surface area contributed by atoms with Crippen molar-refractivity contribution in [2.24, 2.45) is 12.8 Å². The SMILES string of the molecule is Cn1cc(C(CN)NCCCCO)c(C(C)(C)C)n1. The van der Waals surface area contributed by atoms with E-state index in [0.29, 0.717) is 6.54 Å². The monoisotopic (exact) mass is 268 g/mol. The molecule has 1 aromatic heterocycles. The Morgan fingerprint density at radius 2 is 2.11 bits per heavy atom. The second-order valence-corrected chi connectivity index (χ2v) is 6.03. The maximum Gasteiger partial charge on any atom is 0.0726 e. The molecule has 0 aliphatic carbocycles. The second kappa shape index (κ2) is 7.03. The molecule has 0 aromatic carbocycles. The van der Waals surface area contributed by atoms with Gasteiger partial charge in [0.1, 0.15) is 0 Å². The summed E-state index contributed by atoms with van der Waals surface area (Å²) in [7, 11) is 1.94. The molecule has 0 aliphatic heterocycles. The van der Waals surface area contributed by atoms with Gasteiger partial charge in [-0.25, -0.2) is 0 Å². The van der Waals surface area contributed by atoms with Gasteiger partial charge in [0.15, 0.2) is 0 Å². The van der Waals surface area contributed by atoms with E-state index < -0.39 is 0 Å². The van der Waals surface area contributed by atoms with Crippen LogP contribution >= 0.6 is 0 Å². The number of aryl methyl sites for hydroxylation is 1. The molecule has 1 aromatic rings. The van der Waals surface area contributed by atoms with Crippen molar-refractivity contribution in [2.45, 2.75) is 45.1 Å². The van der Waals surface area contributed by atoms with Crippen LogP contribution in [0.1, 0.15) is 50.9 Å². The van der Waals surface area contributed by atoms with E-state index >= 15 is 0 Å². The van der Waals surface area contributed by atoms with Crippen LogP contribution in [0.3, 0.4) is 0 Å². The van der Waals surface area contributed by atoms with Crippen molar-refractivity contribution in [3.63, 3.8) is 0 Å². The zero-order valence-corrected chi connectivity index (χ0v) is 12.6. The largest absolute Gasteiger partial charge is 0.396 e. The van der Waals surface area contributed by atoms with Crippen LogP contribution in [0.4, 0.5) is 0 Å². The molecule has 0 saturated carbocycles. The van der Waals surface area contributed by atoms with Gasteiger partial charge in [-0.1, -0.05) is 20.8 Å². The minimum absolute atomic E-state index is 0.0107. The molecule has 19 heavy (non-hydrogen) atoms. The van der Waals surface area contributed by atoms with E-state index in [-0.39, 0.29) is 18.1 Å².